The van der Waals surface area contributed by atoms with E-state index in [4.69, 9.17) is 10.5 Å². The predicted molar refractivity (Wildman–Crippen MR) is 67.7 cm³/mol. The molecule has 0 unspecified atom stereocenters. The number of benzene rings is 1. The summed E-state index contributed by atoms with van der Waals surface area (Å²) in [7, 11) is 0. The maximum Gasteiger partial charge on any atom is 0.125 e. The number of piperidine rings is 1. The molecule has 1 aliphatic rings. The van der Waals surface area contributed by atoms with Crippen molar-refractivity contribution in [2.45, 2.75) is 25.9 Å². The molecule has 0 spiro atoms. The molecule has 94 valence electrons. The SMILES string of the molecule is CCOC1CCN(c2cc(F)ccc2N)CC1. The Morgan fingerprint density at radius 2 is 2.12 bits per heavy atom. The van der Waals surface area contributed by atoms with Crippen LogP contribution in [-0.4, -0.2) is 25.8 Å². The number of ether oxygens (including phenoxy) is 1. The number of hydrogen-bond acceptors (Lipinski definition) is 3. The van der Waals surface area contributed by atoms with Gasteiger partial charge in [0, 0.05) is 19.7 Å². The third-order valence-corrected chi connectivity index (χ3v) is 3.18. The van der Waals surface area contributed by atoms with Crippen LogP contribution in [0.15, 0.2) is 18.2 Å². The van der Waals surface area contributed by atoms with Gasteiger partial charge in [-0.05, 0) is 38.0 Å². The number of nitrogen functional groups attached to an aromatic ring is 1. The summed E-state index contributed by atoms with van der Waals surface area (Å²) in [6, 6.07) is 4.53. The van der Waals surface area contributed by atoms with E-state index in [9.17, 15) is 4.39 Å². The van der Waals surface area contributed by atoms with Gasteiger partial charge in [-0.1, -0.05) is 0 Å². The van der Waals surface area contributed by atoms with Crippen LogP contribution in [0.2, 0.25) is 0 Å². The van der Waals surface area contributed by atoms with Gasteiger partial charge in [-0.25, -0.2) is 4.39 Å². The van der Waals surface area contributed by atoms with E-state index >= 15 is 0 Å². The second kappa shape index (κ2) is 5.36. The standard InChI is InChI=1S/C13H19FN2O/c1-2-17-11-5-7-16(8-6-11)13-9-10(14)3-4-12(13)15/h3-4,9,11H,2,5-8,15H2,1H3. The van der Waals surface area contributed by atoms with Crippen LogP contribution < -0.4 is 10.6 Å². The minimum Gasteiger partial charge on any atom is -0.397 e. The summed E-state index contributed by atoms with van der Waals surface area (Å²) in [5, 5.41) is 0. The zero-order valence-corrected chi connectivity index (χ0v) is 10.2. The lowest BCUT2D eigenvalue weighted by Gasteiger charge is -2.34. The molecule has 4 heteroatoms. The predicted octanol–water partition coefficient (Wildman–Crippen LogP) is 2.41. The lowest BCUT2D eigenvalue weighted by molar-refractivity contribution is 0.0459. The number of rotatable bonds is 3. The zero-order valence-electron chi connectivity index (χ0n) is 10.2. The van der Waals surface area contributed by atoms with Crippen LogP contribution in [0.4, 0.5) is 15.8 Å². The van der Waals surface area contributed by atoms with Crippen LogP contribution in [0.3, 0.4) is 0 Å². The Hall–Kier alpha value is -1.29. The highest BCUT2D eigenvalue weighted by Crippen LogP contribution is 2.27. The van der Waals surface area contributed by atoms with Gasteiger partial charge in [0.25, 0.3) is 0 Å². The van der Waals surface area contributed by atoms with Gasteiger partial charge in [-0.2, -0.15) is 0 Å². The van der Waals surface area contributed by atoms with E-state index in [0.717, 1.165) is 38.2 Å². The molecule has 0 amide bonds. The first-order chi connectivity index (χ1) is 8.20. The van der Waals surface area contributed by atoms with Crippen molar-refractivity contribution in [1.29, 1.82) is 0 Å². The largest absolute Gasteiger partial charge is 0.397 e. The van der Waals surface area contributed by atoms with Gasteiger partial charge in [-0.3, -0.25) is 0 Å². The topological polar surface area (TPSA) is 38.5 Å². The fourth-order valence-electron chi connectivity index (χ4n) is 2.29. The highest BCUT2D eigenvalue weighted by atomic mass is 19.1. The molecule has 0 radical (unpaired) electrons. The molecule has 1 heterocycles. The Morgan fingerprint density at radius 1 is 1.41 bits per heavy atom. The van der Waals surface area contributed by atoms with Crippen molar-refractivity contribution in [1.82, 2.24) is 0 Å². The second-order valence-corrected chi connectivity index (χ2v) is 4.34. The van der Waals surface area contributed by atoms with Gasteiger partial charge >= 0.3 is 0 Å². The van der Waals surface area contributed by atoms with E-state index in [1.165, 1.54) is 12.1 Å². The maximum atomic E-state index is 13.2. The molecule has 17 heavy (non-hydrogen) atoms. The molecule has 0 aliphatic carbocycles. The molecular formula is C13H19FN2O. The highest BCUT2D eigenvalue weighted by molar-refractivity contribution is 5.67. The van der Waals surface area contributed by atoms with Crippen LogP contribution >= 0.6 is 0 Å². The van der Waals surface area contributed by atoms with Crippen LogP contribution in [0.5, 0.6) is 0 Å². The molecule has 0 atom stereocenters. The normalized spacial score (nSPS) is 17.4. The molecule has 2 N–H and O–H groups in total. The van der Waals surface area contributed by atoms with Crippen molar-refractivity contribution in [2.75, 3.05) is 30.3 Å². The Bertz CT molecular complexity index is 376. The quantitative estimate of drug-likeness (QED) is 0.822. The van der Waals surface area contributed by atoms with Crippen molar-refractivity contribution in [3.63, 3.8) is 0 Å². The first-order valence-electron chi connectivity index (χ1n) is 6.12. The van der Waals surface area contributed by atoms with Crippen molar-refractivity contribution in [2.24, 2.45) is 0 Å². The van der Waals surface area contributed by atoms with Crippen LogP contribution in [0, 0.1) is 5.82 Å². The van der Waals surface area contributed by atoms with Gasteiger partial charge in [0.2, 0.25) is 0 Å². The van der Waals surface area contributed by atoms with Gasteiger partial charge in [0.15, 0.2) is 0 Å². The third-order valence-electron chi connectivity index (χ3n) is 3.18. The van der Waals surface area contributed by atoms with Crippen LogP contribution in [-0.2, 0) is 4.74 Å². The first-order valence-corrected chi connectivity index (χ1v) is 6.12. The number of nitrogens with two attached hydrogens (primary N) is 1. The summed E-state index contributed by atoms with van der Waals surface area (Å²) < 4.78 is 18.8. The van der Waals surface area contributed by atoms with Crippen molar-refractivity contribution < 1.29 is 9.13 Å². The summed E-state index contributed by atoms with van der Waals surface area (Å²) in [6.45, 7) is 4.51. The number of hydrogen-bond donors (Lipinski definition) is 1. The molecule has 1 aliphatic heterocycles. The Balaban J connectivity index is 2.02. The average Bonchev–Trinajstić information content (AvgIpc) is 2.34. The lowest BCUT2D eigenvalue weighted by Crippen LogP contribution is -2.37. The van der Waals surface area contributed by atoms with Crippen molar-refractivity contribution in [3.8, 4) is 0 Å². The monoisotopic (exact) mass is 238 g/mol. The molecule has 1 fully saturated rings. The average molecular weight is 238 g/mol. The minimum absolute atomic E-state index is 0.235. The smallest absolute Gasteiger partial charge is 0.125 e. The minimum atomic E-state index is -0.235. The second-order valence-electron chi connectivity index (χ2n) is 4.34. The van der Waals surface area contributed by atoms with E-state index in [-0.39, 0.29) is 5.82 Å². The Kier molecular flexibility index (Phi) is 3.84. The van der Waals surface area contributed by atoms with Gasteiger partial charge in [0.05, 0.1) is 17.5 Å². The Labute approximate surface area is 101 Å². The van der Waals surface area contributed by atoms with Crippen molar-refractivity contribution >= 4 is 11.4 Å². The third kappa shape index (κ3) is 2.88. The van der Waals surface area contributed by atoms with Crippen molar-refractivity contribution in [3.05, 3.63) is 24.0 Å². The molecular weight excluding hydrogens is 219 g/mol. The molecule has 3 nitrogen and oxygen atoms in total. The summed E-state index contributed by atoms with van der Waals surface area (Å²) in [5.41, 5.74) is 7.32. The summed E-state index contributed by atoms with van der Waals surface area (Å²) in [4.78, 5) is 2.13. The van der Waals surface area contributed by atoms with Gasteiger partial charge < -0.3 is 15.4 Å². The maximum absolute atomic E-state index is 13.2. The number of nitrogens with zero attached hydrogens (tertiary/aromatic N) is 1. The number of halogens is 1. The molecule has 1 aromatic rings. The van der Waals surface area contributed by atoms with E-state index in [2.05, 4.69) is 4.90 Å². The molecule has 0 saturated carbocycles. The summed E-state index contributed by atoms with van der Waals surface area (Å²) >= 11 is 0. The van der Waals surface area contributed by atoms with E-state index in [1.54, 1.807) is 6.07 Å². The lowest BCUT2D eigenvalue weighted by atomic mass is 10.1. The fraction of sp³-hybridized carbons (Fsp3) is 0.538. The molecule has 1 aromatic carbocycles. The van der Waals surface area contributed by atoms with Gasteiger partial charge in [0.1, 0.15) is 5.82 Å². The Morgan fingerprint density at radius 3 is 2.76 bits per heavy atom. The molecule has 2 rings (SSSR count). The van der Waals surface area contributed by atoms with E-state index in [0.29, 0.717) is 11.8 Å². The summed E-state index contributed by atoms with van der Waals surface area (Å²) in [6.07, 6.45) is 2.29. The summed E-state index contributed by atoms with van der Waals surface area (Å²) in [5.74, 6) is -0.235. The fourth-order valence-corrected chi connectivity index (χ4v) is 2.29. The van der Waals surface area contributed by atoms with Crippen LogP contribution in [0.1, 0.15) is 19.8 Å². The van der Waals surface area contributed by atoms with E-state index < -0.39 is 0 Å². The molecule has 0 bridgehead atoms. The van der Waals surface area contributed by atoms with Gasteiger partial charge in [-0.15, -0.1) is 0 Å². The first kappa shape index (κ1) is 12.2. The number of anilines is 2. The van der Waals surface area contributed by atoms with E-state index in [1.807, 2.05) is 6.92 Å². The molecule has 0 aromatic heterocycles. The van der Waals surface area contributed by atoms with Crippen LogP contribution in [0.25, 0.3) is 0 Å². The molecule has 1 saturated heterocycles. The zero-order chi connectivity index (χ0) is 12.3. The highest BCUT2D eigenvalue weighted by Gasteiger charge is 2.20.